The predicted octanol–water partition coefficient (Wildman–Crippen LogP) is 8.82. The van der Waals surface area contributed by atoms with Gasteiger partial charge in [-0.05, 0) is 122 Å². The van der Waals surface area contributed by atoms with E-state index in [1.807, 2.05) is 78.8 Å². The summed E-state index contributed by atoms with van der Waals surface area (Å²) in [6, 6.07) is 9.23. The highest BCUT2D eigenvalue weighted by molar-refractivity contribution is 8.77. The molecule has 5 heterocycles. The standard InChI is InChI=1S/C65H92N9O25P3S4/c1-8-72-51-25-23-47(105(85,86)87)40-49(51)64(4,5)53(72)19-11-9-12-20-54-65(6,7)50-41-48(106(88,89)90)24-26-52(50)73(54)32-14-10-13-21-55(75)67-30-36-91-38-39-92-37-31-69-62(78)95-35-28-63(2,3)104-103-44-93-33-15-16-34-94-61(77)68-29-17-18-45-42-74(58-57(45)59(76)71-60(66)70-58)56-27-22-46(97-56)43-96-102(83,84)99-100(79)98-101(80,81)82/h9,11-12,19-20,23-26,40-42,46,56,100H,8,10,13-16,21-22,27-39,43-44H2,1-7H3,(H10-,66,67,68,69,70,71,75,76,77,78,80,81,82,83,84,85,86,87,88,89,90)/p+1/t46-,56+/m0/s1. The maximum absolute atomic E-state index is 13.0. The van der Waals surface area contributed by atoms with Gasteiger partial charge in [-0.3, -0.25) is 32.8 Å². The van der Waals surface area contributed by atoms with E-state index in [0.29, 0.717) is 70.7 Å². The largest absolute Gasteiger partial charge is 0.479 e. The van der Waals surface area contributed by atoms with Crippen LogP contribution < -0.4 is 32.1 Å². The van der Waals surface area contributed by atoms with Gasteiger partial charge in [0.2, 0.25) is 17.5 Å². The van der Waals surface area contributed by atoms with Gasteiger partial charge in [-0.1, -0.05) is 65.5 Å². The number of phosphoric acid groups is 2. The Balaban J connectivity index is 0.684. The Kier molecular flexibility index (Phi) is 32.3. The topological polar surface area (TPSA) is 474 Å². The van der Waals surface area contributed by atoms with Crippen molar-refractivity contribution < 1.29 is 115 Å². The van der Waals surface area contributed by atoms with Crippen LogP contribution >= 0.6 is 45.5 Å². The minimum Gasteiger partial charge on any atom is -0.450 e. The van der Waals surface area contributed by atoms with E-state index in [1.54, 1.807) is 22.9 Å². The van der Waals surface area contributed by atoms with Gasteiger partial charge < -0.3 is 74.3 Å². The molecule has 4 atom stereocenters. The summed E-state index contributed by atoms with van der Waals surface area (Å²) in [6.45, 7) is 16.9. The number of carbonyl (C=O) groups is 3. The summed E-state index contributed by atoms with van der Waals surface area (Å²) in [5.41, 5.74) is 9.39. The number of H-pyrrole nitrogens is 1. The molecule has 3 aliphatic rings. The van der Waals surface area contributed by atoms with E-state index in [2.05, 4.69) is 55.9 Å². The summed E-state index contributed by atoms with van der Waals surface area (Å²) in [7, 11) is -20.2. The lowest BCUT2D eigenvalue weighted by molar-refractivity contribution is -0.438. The normalized spacial score (nSPS) is 17.7. The molecule has 0 radical (unpaired) electrons. The number of nitrogen functional groups attached to an aromatic ring is 1. The molecule has 2 aromatic heterocycles. The molecule has 2 unspecified atom stereocenters. The fraction of sp³-hybridized carbons (Fsp3) is 0.538. The summed E-state index contributed by atoms with van der Waals surface area (Å²) in [6.07, 6.45) is 13.0. The number of nitrogens with two attached hydrogens (primary N) is 1. The van der Waals surface area contributed by atoms with Gasteiger partial charge in [0.15, 0.2) is 11.4 Å². The molecular weight excluding hydrogens is 1530 g/mol. The van der Waals surface area contributed by atoms with Crippen LogP contribution in [0, 0.1) is 11.8 Å². The number of likely N-dealkylation sites (N-methyl/N-ethyl adjacent to an activating group) is 1. The molecule has 1 fully saturated rings. The number of amides is 3. The summed E-state index contributed by atoms with van der Waals surface area (Å²) in [5, 5.41) is 8.14. The number of alkyl carbamates (subject to hydrolysis) is 2. The Bertz CT molecular complexity index is 4400. The van der Waals surface area contributed by atoms with Crippen LogP contribution in [0.15, 0.2) is 93.3 Å². The van der Waals surface area contributed by atoms with Crippen LogP contribution in [0.4, 0.5) is 26.9 Å². The zero-order valence-electron chi connectivity index (χ0n) is 59.6. The molecule has 2 aromatic carbocycles. The Morgan fingerprint density at radius 1 is 0.840 bits per heavy atom. The van der Waals surface area contributed by atoms with Crippen molar-refractivity contribution in [3.63, 3.8) is 0 Å². The molecule has 3 amide bonds. The molecule has 3 aliphatic heterocycles. The van der Waals surface area contributed by atoms with Crippen LogP contribution in [-0.4, -0.2) is 186 Å². The zero-order valence-corrected chi connectivity index (χ0v) is 65.7. The third-order valence-corrected chi connectivity index (χ3v) is 25.1. The summed E-state index contributed by atoms with van der Waals surface area (Å²) in [5.74, 6) is 5.69. The predicted molar refractivity (Wildman–Crippen MR) is 397 cm³/mol. The molecule has 7 rings (SSSR count). The lowest BCUT2D eigenvalue weighted by atomic mass is 9.81. The number of ether oxygens (including phenoxy) is 6. The van der Waals surface area contributed by atoms with Crippen LogP contribution in [-0.2, 0) is 91.1 Å². The monoisotopic (exact) mass is 1620 g/mol. The van der Waals surface area contributed by atoms with Gasteiger partial charge in [0.25, 0.3) is 25.8 Å². The average Bonchev–Trinajstić information content (AvgIpc) is 1.61. The van der Waals surface area contributed by atoms with Gasteiger partial charge in [-0.25, -0.2) is 27.3 Å². The van der Waals surface area contributed by atoms with Gasteiger partial charge in [0.1, 0.15) is 18.7 Å². The fourth-order valence-corrected chi connectivity index (χ4v) is 17.5. The highest BCUT2D eigenvalue weighted by atomic mass is 33.1. The second-order valence-corrected chi connectivity index (χ2v) is 35.8. The maximum atomic E-state index is 13.0. The number of rotatable bonds is 42. The van der Waals surface area contributed by atoms with E-state index in [4.69, 9.17) is 48.5 Å². The van der Waals surface area contributed by atoms with E-state index in [9.17, 15) is 63.7 Å². The van der Waals surface area contributed by atoms with E-state index in [1.165, 1.54) is 45.8 Å². The number of carbonyl (C=O) groups excluding carboxylic acids is 3. The van der Waals surface area contributed by atoms with E-state index in [-0.39, 0.29) is 102 Å². The zero-order chi connectivity index (χ0) is 77.7. The molecule has 0 aliphatic carbocycles. The van der Waals surface area contributed by atoms with Crippen molar-refractivity contribution in [2.75, 3.05) is 102 Å². The highest BCUT2D eigenvalue weighted by Crippen LogP contribution is 2.58. The van der Waals surface area contributed by atoms with Gasteiger partial charge in [0.05, 0.1) is 85.1 Å². The lowest BCUT2D eigenvalue weighted by Crippen LogP contribution is -2.30. The Hall–Kier alpha value is -6.27. The van der Waals surface area contributed by atoms with Crippen LogP contribution in [0.2, 0.25) is 0 Å². The number of unbranched alkanes of at least 4 members (excludes halogenated alkanes) is 3. The number of hydrogen-bond donors (Lipinski definition) is 10. The molecule has 4 aromatic rings. The third kappa shape index (κ3) is 26.2. The number of benzene rings is 2. The Labute approximate surface area is 623 Å². The van der Waals surface area contributed by atoms with Gasteiger partial charge in [-0.2, -0.15) is 26.4 Å². The summed E-state index contributed by atoms with van der Waals surface area (Å²) < 4.78 is 152. The minimum atomic E-state index is -5.27. The highest BCUT2D eigenvalue weighted by Gasteiger charge is 2.45. The third-order valence-electron chi connectivity index (χ3n) is 16.8. The van der Waals surface area contributed by atoms with Crippen molar-refractivity contribution in [2.45, 2.75) is 144 Å². The molecule has 1 saturated heterocycles. The van der Waals surface area contributed by atoms with E-state index >= 15 is 0 Å². The van der Waals surface area contributed by atoms with Gasteiger partial charge in [0, 0.05) is 84.5 Å². The summed E-state index contributed by atoms with van der Waals surface area (Å²) in [4.78, 5) is 86.0. The quantitative estimate of drug-likeness (QED) is 0.00289. The Morgan fingerprint density at radius 3 is 2.21 bits per heavy atom. The number of allylic oxidation sites excluding steroid dienone is 6. The molecule has 0 bridgehead atoms. The second-order valence-electron chi connectivity index (χ2n) is 25.9. The molecule has 0 saturated carbocycles. The van der Waals surface area contributed by atoms with Crippen LogP contribution in [0.25, 0.3) is 11.0 Å². The number of aromatic nitrogens is 3. The molecule has 0 spiro atoms. The van der Waals surface area contributed by atoms with Crippen molar-refractivity contribution >= 4 is 118 Å². The van der Waals surface area contributed by atoms with Crippen molar-refractivity contribution in [3.8, 4) is 11.8 Å². The number of nitrogens with zero attached hydrogens (tertiary/aromatic N) is 4. The van der Waals surface area contributed by atoms with Crippen LogP contribution in [0.3, 0.4) is 0 Å². The minimum absolute atomic E-state index is 0.0748. The first-order valence-corrected chi connectivity index (χ1v) is 43.2. The van der Waals surface area contributed by atoms with Crippen molar-refractivity contribution in [2.24, 2.45) is 0 Å². The SMILES string of the molecule is CCN1\C(=C/C=C/C=C/C2=[N+](CCCCCC(=O)NCCOCCOCCNC(=O)OCCC(C)(C)SSCOCCCCOC(=O)NCC#Cc3cn([C@H]4CC[C@@H](COP(=O)(O)O[PH](=O)OP(=O)(O)O)O4)c4nc(N)[nH]c(=O)c34)c3ccc(S(=O)(=O)O)cc3C2(C)C)C(C)(C)c2cc(S(=O)(=O)O)ccc21. The summed E-state index contributed by atoms with van der Waals surface area (Å²) >= 11 is 0. The number of phosphoric ester groups is 1. The molecule has 34 nitrogen and oxygen atoms in total. The number of nitrogens with one attached hydrogen (secondary N) is 4. The fourth-order valence-electron chi connectivity index (χ4n) is 11.6. The molecule has 106 heavy (non-hydrogen) atoms. The van der Waals surface area contributed by atoms with Crippen molar-refractivity contribution in [3.05, 3.63) is 106 Å². The van der Waals surface area contributed by atoms with Crippen molar-refractivity contribution in [1.82, 2.24) is 30.5 Å². The van der Waals surface area contributed by atoms with Gasteiger partial charge in [-0.15, -0.1) is 0 Å². The second kappa shape index (κ2) is 39.4. The molecule has 11 N–H and O–H groups in total. The molecule has 41 heteroatoms. The first-order chi connectivity index (χ1) is 49.9. The number of fused-ring (bicyclic) bond motifs is 3. The number of aromatic amines is 1. The molecule has 586 valence electrons. The van der Waals surface area contributed by atoms with E-state index < -0.39 is 91.7 Å². The maximum Gasteiger partial charge on any atom is 0.479 e. The van der Waals surface area contributed by atoms with E-state index in [0.717, 1.165) is 46.8 Å². The first-order valence-electron chi connectivity index (χ1n) is 33.8. The number of anilines is 2. The Morgan fingerprint density at radius 2 is 1.51 bits per heavy atom. The smallest absolute Gasteiger partial charge is 0.450 e. The van der Waals surface area contributed by atoms with Crippen molar-refractivity contribution in [1.29, 1.82) is 0 Å². The van der Waals surface area contributed by atoms with Crippen LogP contribution in [0.1, 0.15) is 129 Å². The molecular formula is C65H93N9O25P3S4+. The van der Waals surface area contributed by atoms with Gasteiger partial charge >= 0.3 is 36.1 Å². The average molecular weight is 1620 g/mol. The lowest BCUT2D eigenvalue weighted by Gasteiger charge is -2.25. The first kappa shape index (κ1) is 87.0. The van der Waals surface area contributed by atoms with Crippen LogP contribution in [0.5, 0.6) is 0 Å². The number of hydrogen-bond acceptors (Lipinski definition) is 25.